The van der Waals surface area contributed by atoms with Gasteiger partial charge in [0.2, 0.25) is 10.0 Å². The molecule has 8 heteroatoms. The first-order valence-corrected chi connectivity index (χ1v) is 12.2. The molecule has 1 aliphatic rings. The first kappa shape index (κ1) is 19.6. The molecule has 0 radical (unpaired) electrons. The van der Waals surface area contributed by atoms with Crippen LogP contribution in [-0.2, 0) is 20.5 Å². The molecule has 1 fully saturated rings. The van der Waals surface area contributed by atoms with E-state index in [4.69, 9.17) is 4.74 Å². The second-order valence-corrected chi connectivity index (χ2v) is 10.3. The van der Waals surface area contributed by atoms with E-state index in [9.17, 15) is 8.42 Å². The van der Waals surface area contributed by atoms with Gasteiger partial charge in [-0.3, -0.25) is 0 Å². The van der Waals surface area contributed by atoms with Crippen LogP contribution in [0.1, 0.15) is 5.56 Å². The Morgan fingerprint density at radius 1 is 1.07 bits per heavy atom. The van der Waals surface area contributed by atoms with E-state index in [1.807, 2.05) is 36.4 Å². The lowest BCUT2D eigenvalue weighted by molar-refractivity contribution is 0.0730. The van der Waals surface area contributed by atoms with Crippen molar-refractivity contribution >= 4 is 33.1 Å². The van der Waals surface area contributed by atoms with Crippen LogP contribution in [0.3, 0.4) is 0 Å². The normalized spacial score (nSPS) is 15.6. The molecular formula is C20H20N2O3S3. The summed E-state index contributed by atoms with van der Waals surface area (Å²) in [6.45, 7) is 1.70. The molecule has 4 rings (SSSR count). The molecule has 0 saturated carbocycles. The fourth-order valence-corrected chi connectivity index (χ4v) is 6.20. The highest BCUT2D eigenvalue weighted by Crippen LogP contribution is 2.31. The van der Waals surface area contributed by atoms with Gasteiger partial charge in [-0.1, -0.05) is 54.2 Å². The highest BCUT2D eigenvalue weighted by atomic mass is 32.2. The summed E-state index contributed by atoms with van der Waals surface area (Å²) in [7, 11) is -3.47. The molecule has 2 heterocycles. The summed E-state index contributed by atoms with van der Waals surface area (Å²) in [6.07, 6.45) is 0. The summed E-state index contributed by atoms with van der Waals surface area (Å²) in [5.74, 6) is 0.675. The molecule has 0 atom stereocenters. The van der Waals surface area contributed by atoms with Crippen molar-refractivity contribution in [3.05, 3.63) is 65.5 Å². The van der Waals surface area contributed by atoms with Gasteiger partial charge in [0.1, 0.15) is 0 Å². The summed E-state index contributed by atoms with van der Waals surface area (Å²) < 4.78 is 33.4. The molecule has 0 spiro atoms. The molecule has 0 amide bonds. The van der Waals surface area contributed by atoms with Gasteiger partial charge in [-0.25, -0.2) is 13.4 Å². The van der Waals surface area contributed by atoms with E-state index in [1.165, 1.54) is 4.31 Å². The van der Waals surface area contributed by atoms with Gasteiger partial charge in [-0.2, -0.15) is 4.31 Å². The Balaban J connectivity index is 1.45. The third-order valence-electron chi connectivity index (χ3n) is 4.42. The standard InChI is InChI=1S/C20H20N2O3S3/c23-28(24,22-9-11-25-12-10-22)18-8-4-5-16(13-18)14-26-20-21-19(15-27-20)17-6-2-1-3-7-17/h1-8,13,15H,9-12,14H2. The van der Waals surface area contributed by atoms with Crippen LogP contribution in [0, 0.1) is 0 Å². The van der Waals surface area contributed by atoms with E-state index >= 15 is 0 Å². The number of thiazole rings is 1. The first-order valence-electron chi connectivity index (χ1n) is 8.93. The van der Waals surface area contributed by atoms with Crippen LogP contribution in [0.2, 0.25) is 0 Å². The van der Waals surface area contributed by atoms with Crippen molar-refractivity contribution in [1.82, 2.24) is 9.29 Å². The van der Waals surface area contributed by atoms with Crippen molar-refractivity contribution in [2.24, 2.45) is 0 Å². The number of sulfonamides is 1. The van der Waals surface area contributed by atoms with Gasteiger partial charge in [-0.15, -0.1) is 11.3 Å². The molecule has 146 valence electrons. The Hall–Kier alpha value is -1.71. The van der Waals surface area contributed by atoms with Crippen LogP contribution < -0.4 is 0 Å². The summed E-state index contributed by atoms with van der Waals surface area (Å²) in [5.41, 5.74) is 3.04. The third kappa shape index (κ3) is 4.47. The van der Waals surface area contributed by atoms with Crippen molar-refractivity contribution < 1.29 is 13.2 Å². The summed E-state index contributed by atoms with van der Waals surface area (Å²) in [4.78, 5) is 5.03. The van der Waals surface area contributed by atoms with E-state index in [1.54, 1.807) is 41.3 Å². The zero-order chi connectivity index (χ0) is 19.4. The maximum Gasteiger partial charge on any atom is 0.243 e. The number of benzene rings is 2. The topological polar surface area (TPSA) is 59.5 Å². The van der Waals surface area contributed by atoms with Crippen LogP contribution in [-0.4, -0.2) is 44.0 Å². The van der Waals surface area contributed by atoms with E-state index in [0.717, 1.165) is 21.2 Å². The third-order valence-corrected chi connectivity index (χ3v) is 8.41. The van der Waals surface area contributed by atoms with E-state index in [-0.39, 0.29) is 0 Å². The Labute approximate surface area is 173 Å². The molecule has 1 aromatic heterocycles. The monoisotopic (exact) mass is 432 g/mol. The number of hydrogen-bond acceptors (Lipinski definition) is 6. The minimum Gasteiger partial charge on any atom is -0.379 e. The lowest BCUT2D eigenvalue weighted by Gasteiger charge is -2.26. The van der Waals surface area contributed by atoms with Crippen LogP contribution in [0.15, 0.2) is 69.2 Å². The van der Waals surface area contributed by atoms with Gasteiger partial charge < -0.3 is 4.74 Å². The highest BCUT2D eigenvalue weighted by molar-refractivity contribution is 8.00. The minimum atomic E-state index is -3.47. The van der Waals surface area contributed by atoms with Crippen LogP contribution in [0.5, 0.6) is 0 Å². The zero-order valence-corrected chi connectivity index (χ0v) is 17.6. The molecule has 3 aromatic rings. The maximum atomic E-state index is 12.8. The molecular weight excluding hydrogens is 412 g/mol. The molecule has 1 saturated heterocycles. The lowest BCUT2D eigenvalue weighted by Crippen LogP contribution is -2.40. The van der Waals surface area contributed by atoms with Crippen molar-refractivity contribution in [3.8, 4) is 11.3 Å². The summed E-state index contributed by atoms with van der Waals surface area (Å²) in [6, 6.07) is 17.3. The van der Waals surface area contributed by atoms with Gasteiger partial charge in [0.15, 0.2) is 4.34 Å². The fraction of sp³-hybridized carbons (Fsp3) is 0.250. The predicted molar refractivity (Wildman–Crippen MR) is 113 cm³/mol. The quantitative estimate of drug-likeness (QED) is 0.548. The van der Waals surface area contributed by atoms with Crippen LogP contribution in [0.4, 0.5) is 0 Å². The first-order chi connectivity index (χ1) is 13.6. The SMILES string of the molecule is O=S(=O)(c1cccc(CSc2nc(-c3ccccc3)cs2)c1)N1CCOCC1. The zero-order valence-electron chi connectivity index (χ0n) is 15.2. The number of thioether (sulfide) groups is 1. The van der Waals surface area contributed by atoms with Crippen molar-refractivity contribution in [3.63, 3.8) is 0 Å². The molecule has 0 unspecified atom stereocenters. The van der Waals surface area contributed by atoms with Crippen LogP contribution in [0.25, 0.3) is 11.3 Å². The largest absolute Gasteiger partial charge is 0.379 e. The number of ether oxygens (including phenoxy) is 1. The van der Waals surface area contributed by atoms with Gasteiger partial charge in [-0.05, 0) is 17.7 Å². The number of hydrogen-bond donors (Lipinski definition) is 0. The Morgan fingerprint density at radius 3 is 2.64 bits per heavy atom. The maximum absolute atomic E-state index is 12.8. The molecule has 0 N–H and O–H groups in total. The van der Waals surface area contributed by atoms with Crippen molar-refractivity contribution in [2.45, 2.75) is 15.0 Å². The van der Waals surface area contributed by atoms with E-state index in [2.05, 4.69) is 10.4 Å². The molecule has 1 aliphatic heterocycles. The summed E-state index contributed by atoms with van der Waals surface area (Å²) in [5, 5.41) is 2.05. The molecule has 2 aromatic carbocycles. The van der Waals surface area contributed by atoms with Crippen LogP contribution >= 0.6 is 23.1 Å². The Kier molecular flexibility index (Phi) is 6.13. The van der Waals surface area contributed by atoms with Gasteiger partial charge in [0.25, 0.3) is 0 Å². The second-order valence-electron chi connectivity index (χ2n) is 6.32. The van der Waals surface area contributed by atoms with Crippen molar-refractivity contribution in [2.75, 3.05) is 26.3 Å². The number of nitrogens with zero attached hydrogens (tertiary/aromatic N) is 2. The fourth-order valence-electron chi connectivity index (χ4n) is 2.94. The molecule has 5 nitrogen and oxygen atoms in total. The summed E-state index contributed by atoms with van der Waals surface area (Å²) >= 11 is 3.23. The predicted octanol–water partition coefficient (Wildman–Crippen LogP) is 4.12. The van der Waals surface area contributed by atoms with Crippen molar-refractivity contribution in [1.29, 1.82) is 0 Å². The van der Waals surface area contributed by atoms with E-state index < -0.39 is 10.0 Å². The molecule has 0 bridgehead atoms. The Morgan fingerprint density at radius 2 is 1.86 bits per heavy atom. The van der Waals surface area contributed by atoms with Gasteiger partial charge >= 0.3 is 0 Å². The lowest BCUT2D eigenvalue weighted by atomic mass is 10.2. The second kappa shape index (κ2) is 8.75. The van der Waals surface area contributed by atoms with Gasteiger partial charge in [0.05, 0.1) is 23.8 Å². The number of morpholine rings is 1. The smallest absolute Gasteiger partial charge is 0.243 e. The average Bonchev–Trinajstić information content (AvgIpc) is 3.23. The molecule has 0 aliphatic carbocycles. The Bertz CT molecular complexity index is 1030. The average molecular weight is 433 g/mol. The van der Waals surface area contributed by atoms with Gasteiger partial charge in [0, 0.05) is 29.8 Å². The number of rotatable bonds is 6. The minimum absolute atomic E-state index is 0.344. The highest BCUT2D eigenvalue weighted by Gasteiger charge is 2.26. The number of aromatic nitrogens is 1. The molecule has 28 heavy (non-hydrogen) atoms. The van der Waals surface area contributed by atoms with E-state index in [0.29, 0.717) is 37.0 Å².